The quantitative estimate of drug-likeness (QED) is 0.936. The molecule has 1 aromatic heterocycles. The molecule has 0 aliphatic heterocycles. The fourth-order valence-electron chi connectivity index (χ4n) is 1.66. The molecule has 0 fully saturated rings. The molecule has 0 aliphatic carbocycles. The molecule has 0 bridgehead atoms. The van der Waals surface area contributed by atoms with Crippen LogP contribution in [0.1, 0.15) is 17.2 Å². The smallest absolute Gasteiger partial charge is 0.0347 e. The van der Waals surface area contributed by atoms with Crippen LogP contribution in [0.2, 0.25) is 0 Å². The summed E-state index contributed by atoms with van der Waals surface area (Å²) in [6.45, 7) is 0. The molecule has 0 saturated carbocycles. The van der Waals surface area contributed by atoms with Crippen LogP contribution in [0.5, 0.6) is 0 Å². The van der Waals surface area contributed by atoms with E-state index in [4.69, 9.17) is 5.73 Å². The summed E-state index contributed by atoms with van der Waals surface area (Å²) in [7, 11) is 0. The molecule has 16 heavy (non-hydrogen) atoms. The molecule has 2 nitrogen and oxygen atoms in total. The third kappa shape index (κ3) is 2.68. The first-order chi connectivity index (χ1) is 7.77. The fraction of sp³-hybridized carbons (Fsp3) is 0.154. The Labute approximate surface area is 104 Å². The maximum absolute atomic E-state index is 6.18. The Bertz CT molecular complexity index is 456. The minimum absolute atomic E-state index is 0.0120. The van der Waals surface area contributed by atoms with Crippen LogP contribution in [0.3, 0.4) is 0 Å². The zero-order chi connectivity index (χ0) is 11.4. The van der Waals surface area contributed by atoms with Gasteiger partial charge >= 0.3 is 0 Å². The van der Waals surface area contributed by atoms with Gasteiger partial charge in [-0.3, -0.25) is 4.98 Å². The van der Waals surface area contributed by atoms with Crippen molar-refractivity contribution in [2.24, 2.45) is 5.73 Å². The van der Waals surface area contributed by atoms with Crippen molar-refractivity contribution in [2.75, 3.05) is 0 Å². The predicted octanol–water partition coefficient (Wildman–Crippen LogP) is 3.09. The van der Waals surface area contributed by atoms with Crippen molar-refractivity contribution in [1.82, 2.24) is 4.98 Å². The van der Waals surface area contributed by atoms with Gasteiger partial charge in [0.1, 0.15) is 0 Å². The summed E-state index contributed by atoms with van der Waals surface area (Å²) in [5, 5.41) is 0. The van der Waals surface area contributed by atoms with E-state index in [1.807, 2.05) is 30.3 Å². The molecule has 2 aromatic rings. The number of benzene rings is 1. The van der Waals surface area contributed by atoms with Gasteiger partial charge in [0.05, 0.1) is 0 Å². The second-order valence-corrected chi connectivity index (χ2v) is 4.54. The molecule has 1 atom stereocenters. The Balaban J connectivity index is 2.15. The van der Waals surface area contributed by atoms with Gasteiger partial charge in [-0.25, -0.2) is 0 Å². The van der Waals surface area contributed by atoms with E-state index in [9.17, 15) is 0 Å². The number of hydrogen-bond acceptors (Lipinski definition) is 2. The van der Waals surface area contributed by atoms with Gasteiger partial charge in [-0.05, 0) is 35.7 Å². The second-order valence-electron chi connectivity index (χ2n) is 3.69. The van der Waals surface area contributed by atoms with Gasteiger partial charge in [0, 0.05) is 22.9 Å². The van der Waals surface area contributed by atoms with Crippen LogP contribution in [0, 0.1) is 0 Å². The SMILES string of the molecule is NC(Cc1ccncc1)c1ccccc1Br. The second kappa shape index (κ2) is 5.23. The lowest BCUT2D eigenvalue weighted by molar-refractivity contribution is 0.717. The number of aromatic nitrogens is 1. The van der Waals surface area contributed by atoms with Gasteiger partial charge in [0.2, 0.25) is 0 Å². The van der Waals surface area contributed by atoms with Crippen LogP contribution in [0.25, 0.3) is 0 Å². The Morgan fingerprint density at radius 1 is 1.12 bits per heavy atom. The molecule has 82 valence electrons. The highest BCUT2D eigenvalue weighted by atomic mass is 79.9. The molecule has 0 spiro atoms. The molecular weight excluding hydrogens is 264 g/mol. The summed E-state index contributed by atoms with van der Waals surface area (Å²) in [4.78, 5) is 3.99. The number of hydrogen-bond donors (Lipinski definition) is 1. The van der Waals surface area contributed by atoms with Crippen molar-refractivity contribution >= 4 is 15.9 Å². The van der Waals surface area contributed by atoms with E-state index in [1.165, 1.54) is 5.56 Å². The molecule has 0 radical (unpaired) electrons. The molecule has 2 rings (SSSR count). The highest BCUT2D eigenvalue weighted by Gasteiger charge is 2.09. The number of nitrogens with zero attached hydrogens (tertiary/aromatic N) is 1. The average Bonchev–Trinajstić information content (AvgIpc) is 2.31. The highest BCUT2D eigenvalue weighted by molar-refractivity contribution is 9.10. The largest absolute Gasteiger partial charge is 0.324 e. The van der Waals surface area contributed by atoms with Crippen LogP contribution >= 0.6 is 15.9 Å². The molecule has 2 N–H and O–H groups in total. The Morgan fingerprint density at radius 3 is 2.50 bits per heavy atom. The number of nitrogens with two attached hydrogens (primary N) is 1. The van der Waals surface area contributed by atoms with E-state index in [0.29, 0.717) is 0 Å². The summed E-state index contributed by atoms with van der Waals surface area (Å²) >= 11 is 3.52. The first-order valence-electron chi connectivity index (χ1n) is 5.16. The summed E-state index contributed by atoms with van der Waals surface area (Å²) < 4.78 is 1.07. The lowest BCUT2D eigenvalue weighted by Gasteiger charge is -2.13. The average molecular weight is 277 g/mol. The molecule has 1 unspecified atom stereocenters. The third-order valence-electron chi connectivity index (χ3n) is 2.51. The Morgan fingerprint density at radius 2 is 1.81 bits per heavy atom. The van der Waals surface area contributed by atoms with Crippen molar-refractivity contribution in [2.45, 2.75) is 12.5 Å². The Hall–Kier alpha value is -1.19. The molecule has 1 heterocycles. The van der Waals surface area contributed by atoms with E-state index in [2.05, 4.69) is 27.0 Å². The van der Waals surface area contributed by atoms with Crippen LogP contribution in [0.15, 0.2) is 53.3 Å². The Kier molecular flexibility index (Phi) is 3.70. The van der Waals surface area contributed by atoms with Crippen molar-refractivity contribution < 1.29 is 0 Å². The standard InChI is InChI=1S/C13H13BrN2/c14-12-4-2-1-3-11(12)13(15)9-10-5-7-16-8-6-10/h1-8,13H,9,15H2. The number of pyridine rings is 1. The third-order valence-corrected chi connectivity index (χ3v) is 3.23. The molecule has 0 amide bonds. The summed E-state index contributed by atoms with van der Waals surface area (Å²) in [6.07, 6.45) is 4.41. The van der Waals surface area contributed by atoms with Crippen molar-refractivity contribution in [3.05, 3.63) is 64.4 Å². The van der Waals surface area contributed by atoms with E-state index >= 15 is 0 Å². The minimum Gasteiger partial charge on any atom is -0.324 e. The predicted molar refractivity (Wildman–Crippen MR) is 69.0 cm³/mol. The van der Waals surface area contributed by atoms with Crippen LogP contribution in [-0.2, 0) is 6.42 Å². The maximum atomic E-state index is 6.18. The van der Waals surface area contributed by atoms with E-state index in [1.54, 1.807) is 12.4 Å². The summed E-state index contributed by atoms with van der Waals surface area (Å²) in [5.74, 6) is 0. The maximum Gasteiger partial charge on any atom is 0.0347 e. The van der Waals surface area contributed by atoms with Crippen LogP contribution < -0.4 is 5.73 Å². The molecule has 1 aromatic carbocycles. The van der Waals surface area contributed by atoms with E-state index in [0.717, 1.165) is 16.5 Å². The first kappa shape index (κ1) is 11.3. The van der Waals surface area contributed by atoms with E-state index in [-0.39, 0.29) is 6.04 Å². The minimum atomic E-state index is 0.0120. The number of halogens is 1. The topological polar surface area (TPSA) is 38.9 Å². The van der Waals surface area contributed by atoms with Gasteiger partial charge in [-0.2, -0.15) is 0 Å². The monoisotopic (exact) mass is 276 g/mol. The van der Waals surface area contributed by atoms with Crippen molar-refractivity contribution in [3.63, 3.8) is 0 Å². The molecule has 0 aliphatic rings. The molecular formula is C13H13BrN2. The van der Waals surface area contributed by atoms with Gasteiger partial charge in [0.15, 0.2) is 0 Å². The van der Waals surface area contributed by atoms with E-state index < -0.39 is 0 Å². The fourth-order valence-corrected chi connectivity index (χ4v) is 2.24. The van der Waals surface area contributed by atoms with Crippen LogP contribution in [-0.4, -0.2) is 4.98 Å². The summed E-state index contributed by atoms with van der Waals surface area (Å²) in [6, 6.07) is 12.1. The lowest BCUT2D eigenvalue weighted by Crippen LogP contribution is -2.13. The molecule has 3 heteroatoms. The highest BCUT2D eigenvalue weighted by Crippen LogP contribution is 2.23. The number of rotatable bonds is 3. The summed E-state index contributed by atoms with van der Waals surface area (Å²) in [5.41, 5.74) is 8.52. The molecule has 0 saturated heterocycles. The zero-order valence-corrected chi connectivity index (χ0v) is 10.4. The van der Waals surface area contributed by atoms with Gasteiger partial charge in [-0.15, -0.1) is 0 Å². The lowest BCUT2D eigenvalue weighted by atomic mass is 10.0. The van der Waals surface area contributed by atoms with Crippen molar-refractivity contribution in [3.8, 4) is 0 Å². The zero-order valence-electron chi connectivity index (χ0n) is 8.81. The first-order valence-corrected chi connectivity index (χ1v) is 5.95. The van der Waals surface area contributed by atoms with Crippen molar-refractivity contribution in [1.29, 1.82) is 0 Å². The van der Waals surface area contributed by atoms with Gasteiger partial charge < -0.3 is 5.73 Å². The normalized spacial score (nSPS) is 12.4. The van der Waals surface area contributed by atoms with Gasteiger partial charge in [-0.1, -0.05) is 34.1 Å². The van der Waals surface area contributed by atoms with Crippen LogP contribution in [0.4, 0.5) is 0 Å². The van der Waals surface area contributed by atoms with Gasteiger partial charge in [0.25, 0.3) is 0 Å².